The van der Waals surface area contributed by atoms with Crippen molar-refractivity contribution in [2.24, 2.45) is 5.92 Å². The summed E-state index contributed by atoms with van der Waals surface area (Å²) in [6.45, 7) is 12.9. The van der Waals surface area contributed by atoms with Gasteiger partial charge in [-0.1, -0.05) is 20.3 Å². The van der Waals surface area contributed by atoms with Crippen LogP contribution in [0.5, 0.6) is 0 Å². The molecule has 1 aliphatic heterocycles. The minimum atomic E-state index is 0.722. The highest BCUT2D eigenvalue weighted by Gasteiger charge is 2.26. The first-order valence-corrected chi connectivity index (χ1v) is 6.63. The van der Waals surface area contributed by atoms with Gasteiger partial charge in [0.25, 0.3) is 0 Å². The molecule has 1 fully saturated rings. The van der Waals surface area contributed by atoms with Crippen molar-refractivity contribution in [1.82, 2.24) is 10.2 Å². The van der Waals surface area contributed by atoms with Crippen molar-refractivity contribution in [3.63, 3.8) is 0 Å². The SMILES string of the molecule is CCNCC(C)C(C)N1CCCCC1C. The average Bonchev–Trinajstić information content (AvgIpc) is 2.25. The van der Waals surface area contributed by atoms with Crippen LogP contribution in [0.1, 0.15) is 47.0 Å². The van der Waals surface area contributed by atoms with E-state index in [1.54, 1.807) is 0 Å². The lowest BCUT2D eigenvalue weighted by atomic mass is 9.95. The van der Waals surface area contributed by atoms with Crippen LogP contribution < -0.4 is 5.32 Å². The number of hydrogen-bond acceptors (Lipinski definition) is 2. The maximum absolute atomic E-state index is 3.46. The Morgan fingerprint density at radius 3 is 2.67 bits per heavy atom. The molecule has 0 radical (unpaired) electrons. The third-order valence-electron chi connectivity index (χ3n) is 3.92. The predicted octanol–water partition coefficient (Wildman–Crippen LogP) is 2.49. The minimum absolute atomic E-state index is 0.722. The van der Waals surface area contributed by atoms with Gasteiger partial charge in [-0.15, -0.1) is 0 Å². The number of hydrogen-bond donors (Lipinski definition) is 1. The molecule has 3 atom stereocenters. The molecule has 0 spiro atoms. The average molecular weight is 212 g/mol. The van der Waals surface area contributed by atoms with Crippen LogP contribution >= 0.6 is 0 Å². The van der Waals surface area contributed by atoms with E-state index in [4.69, 9.17) is 0 Å². The summed E-state index contributed by atoms with van der Waals surface area (Å²) < 4.78 is 0. The Morgan fingerprint density at radius 1 is 1.33 bits per heavy atom. The van der Waals surface area contributed by atoms with Gasteiger partial charge in [-0.2, -0.15) is 0 Å². The maximum Gasteiger partial charge on any atom is 0.0107 e. The molecule has 0 aromatic rings. The molecule has 1 saturated heterocycles. The van der Waals surface area contributed by atoms with Gasteiger partial charge in [0.05, 0.1) is 0 Å². The van der Waals surface area contributed by atoms with Gasteiger partial charge in [0.15, 0.2) is 0 Å². The highest BCUT2D eigenvalue weighted by Crippen LogP contribution is 2.22. The molecule has 0 aliphatic carbocycles. The van der Waals surface area contributed by atoms with Crippen LogP contribution in [0.3, 0.4) is 0 Å². The first kappa shape index (κ1) is 13.0. The minimum Gasteiger partial charge on any atom is -0.317 e. The smallest absolute Gasteiger partial charge is 0.0107 e. The van der Waals surface area contributed by atoms with E-state index >= 15 is 0 Å². The first-order valence-electron chi connectivity index (χ1n) is 6.63. The topological polar surface area (TPSA) is 15.3 Å². The lowest BCUT2D eigenvalue weighted by Gasteiger charge is -2.40. The number of likely N-dealkylation sites (tertiary alicyclic amines) is 1. The van der Waals surface area contributed by atoms with E-state index in [-0.39, 0.29) is 0 Å². The Morgan fingerprint density at radius 2 is 2.07 bits per heavy atom. The third kappa shape index (κ3) is 3.76. The van der Waals surface area contributed by atoms with E-state index in [0.29, 0.717) is 0 Å². The van der Waals surface area contributed by atoms with Crippen molar-refractivity contribution in [2.45, 2.75) is 59.0 Å². The van der Waals surface area contributed by atoms with Gasteiger partial charge in [-0.3, -0.25) is 4.90 Å². The molecule has 15 heavy (non-hydrogen) atoms. The van der Waals surface area contributed by atoms with Crippen LogP contribution in [0, 0.1) is 5.92 Å². The number of nitrogens with one attached hydrogen (secondary N) is 1. The second kappa shape index (κ2) is 6.49. The van der Waals surface area contributed by atoms with Gasteiger partial charge < -0.3 is 5.32 Å². The van der Waals surface area contributed by atoms with Crippen molar-refractivity contribution < 1.29 is 0 Å². The van der Waals surface area contributed by atoms with Crippen LogP contribution in [0.4, 0.5) is 0 Å². The Hall–Kier alpha value is -0.0800. The zero-order chi connectivity index (χ0) is 11.3. The number of piperidine rings is 1. The molecule has 2 heteroatoms. The summed E-state index contributed by atoms with van der Waals surface area (Å²) in [4.78, 5) is 2.70. The van der Waals surface area contributed by atoms with Gasteiger partial charge >= 0.3 is 0 Å². The number of nitrogens with zero attached hydrogens (tertiary/aromatic N) is 1. The Balaban J connectivity index is 2.39. The number of rotatable bonds is 5. The molecule has 1 aliphatic rings. The van der Waals surface area contributed by atoms with Crippen molar-refractivity contribution >= 4 is 0 Å². The first-order chi connectivity index (χ1) is 7.16. The molecule has 0 bridgehead atoms. The molecule has 0 aromatic carbocycles. The molecular weight excluding hydrogens is 184 g/mol. The fourth-order valence-corrected chi connectivity index (χ4v) is 2.59. The molecule has 90 valence electrons. The van der Waals surface area contributed by atoms with Crippen LogP contribution in [0.25, 0.3) is 0 Å². The lowest BCUT2D eigenvalue weighted by molar-refractivity contribution is 0.0840. The zero-order valence-electron chi connectivity index (χ0n) is 10.9. The standard InChI is InChI=1S/C13H28N2/c1-5-14-10-11(2)13(4)15-9-7-6-8-12(15)3/h11-14H,5-10H2,1-4H3. The lowest BCUT2D eigenvalue weighted by Crippen LogP contribution is -2.48. The molecule has 1 heterocycles. The summed E-state index contributed by atoms with van der Waals surface area (Å²) in [5.74, 6) is 0.755. The molecule has 2 nitrogen and oxygen atoms in total. The van der Waals surface area contributed by atoms with E-state index < -0.39 is 0 Å². The normalized spacial score (nSPS) is 27.6. The Bertz CT molecular complexity index is 170. The maximum atomic E-state index is 3.46. The molecule has 0 saturated carbocycles. The largest absolute Gasteiger partial charge is 0.317 e. The fourth-order valence-electron chi connectivity index (χ4n) is 2.59. The van der Waals surface area contributed by atoms with E-state index in [1.807, 2.05) is 0 Å². The van der Waals surface area contributed by atoms with Crippen molar-refractivity contribution in [1.29, 1.82) is 0 Å². The monoisotopic (exact) mass is 212 g/mol. The summed E-state index contributed by atoms with van der Waals surface area (Å²) in [7, 11) is 0. The molecule has 1 rings (SSSR count). The second-order valence-corrected chi connectivity index (χ2v) is 5.11. The van der Waals surface area contributed by atoms with Crippen molar-refractivity contribution in [2.75, 3.05) is 19.6 Å². The quantitative estimate of drug-likeness (QED) is 0.753. The second-order valence-electron chi connectivity index (χ2n) is 5.11. The molecule has 1 N–H and O–H groups in total. The summed E-state index contributed by atoms with van der Waals surface area (Å²) in [5.41, 5.74) is 0. The fraction of sp³-hybridized carbons (Fsp3) is 1.00. The van der Waals surface area contributed by atoms with Crippen LogP contribution in [-0.4, -0.2) is 36.6 Å². The van der Waals surface area contributed by atoms with E-state index in [0.717, 1.165) is 31.1 Å². The Kier molecular flexibility index (Phi) is 5.62. The third-order valence-corrected chi connectivity index (χ3v) is 3.92. The van der Waals surface area contributed by atoms with Crippen LogP contribution in [0.15, 0.2) is 0 Å². The zero-order valence-corrected chi connectivity index (χ0v) is 10.9. The van der Waals surface area contributed by atoms with Crippen molar-refractivity contribution in [3.8, 4) is 0 Å². The summed E-state index contributed by atoms with van der Waals surface area (Å²) in [6, 6.07) is 1.51. The van der Waals surface area contributed by atoms with Crippen molar-refractivity contribution in [3.05, 3.63) is 0 Å². The van der Waals surface area contributed by atoms with Gasteiger partial charge in [-0.25, -0.2) is 0 Å². The summed E-state index contributed by atoms with van der Waals surface area (Å²) in [5, 5.41) is 3.46. The highest BCUT2D eigenvalue weighted by molar-refractivity contribution is 4.81. The van der Waals surface area contributed by atoms with E-state index in [1.165, 1.54) is 25.8 Å². The van der Waals surface area contributed by atoms with Gasteiger partial charge in [0, 0.05) is 12.1 Å². The predicted molar refractivity (Wildman–Crippen MR) is 67.2 cm³/mol. The molecular formula is C13H28N2. The van der Waals surface area contributed by atoms with Crippen LogP contribution in [0.2, 0.25) is 0 Å². The Labute approximate surface area is 95.4 Å². The highest BCUT2D eigenvalue weighted by atomic mass is 15.2. The van der Waals surface area contributed by atoms with Gasteiger partial charge in [-0.05, 0) is 52.2 Å². The molecule has 0 aromatic heterocycles. The van der Waals surface area contributed by atoms with E-state index in [2.05, 4.69) is 37.9 Å². The molecule has 0 amide bonds. The van der Waals surface area contributed by atoms with Gasteiger partial charge in [0.1, 0.15) is 0 Å². The summed E-state index contributed by atoms with van der Waals surface area (Å²) >= 11 is 0. The van der Waals surface area contributed by atoms with Crippen LogP contribution in [-0.2, 0) is 0 Å². The van der Waals surface area contributed by atoms with E-state index in [9.17, 15) is 0 Å². The molecule has 3 unspecified atom stereocenters. The summed E-state index contributed by atoms with van der Waals surface area (Å²) in [6.07, 6.45) is 4.20. The van der Waals surface area contributed by atoms with Gasteiger partial charge in [0.2, 0.25) is 0 Å².